The first kappa shape index (κ1) is 24.3. The second-order valence-corrected chi connectivity index (χ2v) is 7.62. The summed E-state index contributed by atoms with van der Waals surface area (Å²) in [6, 6.07) is 6.51. The van der Waals surface area contributed by atoms with Gasteiger partial charge in [-0.05, 0) is 34.9 Å². The van der Waals surface area contributed by atoms with Crippen molar-refractivity contribution in [3.05, 3.63) is 73.2 Å². The summed E-state index contributed by atoms with van der Waals surface area (Å²) in [5.74, 6) is -4.85. The van der Waals surface area contributed by atoms with E-state index in [2.05, 4.69) is 5.32 Å². The van der Waals surface area contributed by atoms with Gasteiger partial charge in [-0.15, -0.1) is 0 Å². The number of amides is 1. The highest BCUT2D eigenvalue weighted by Crippen LogP contribution is 2.41. The molecule has 1 atom stereocenters. The molecular formula is C19H12Cl4F3NO3. The zero-order chi connectivity index (χ0) is 22.6. The maximum Gasteiger partial charge on any atom is 0.399 e. The Morgan fingerprint density at radius 2 is 1.63 bits per heavy atom. The first-order chi connectivity index (χ1) is 13.9. The Kier molecular flexibility index (Phi) is 8.05. The largest absolute Gasteiger partial charge is 0.474 e. The molecule has 0 aliphatic rings. The van der Waals surface area contributed by atoms with Gasteiger partial charge in [0.25, 0.3) is 0 Å². The van der Waals surface area contributed by atoms with Gasteiger partial charge in [0.2, 0.25) is 0 Å². The van der Waals surface area contributed by atoms with E-state index >= 15 is 0 Å². The maximum atomic E-state index is 13.6. The van der Waals surface area contributed by atoms with Crippen molar-refractivity contribution in [2.45, 2.75) is 18.6 Å². The van der Waals surface area contributed by atoms with Crippen molar-refractivity contribution in [2.75, 3.05) is 0 Å². The molecule has 0 heterocycles. The predicted octanol–water partition coefficient (Wildman–Crippen LogP) is 6.36. The van der Waals surface area contributed by atoms with Crippen LogP contribution in [0.2, 0.25) is 20.1 Å². The second-order valence-electron chi connectivity index (χ2n) is 6.02. The Morgan fingerprint density at radius 3 is 2.13 bits per heavy atom. The molecule has 0 radical (unpaired) electrons. The van der Waals surface area contributed by atoms with Crippen LogP contribution >= 0.6 is 46.4 Å². The van der Waals surface area contributed by atoms with E-state index in [4.69, 9.17) is 51.5 Å². The lowest BCUT2D eigenvalue weighted by atomic mass is 9.97. The van der Waals surface area contributed by atoms with Crippen LogP contribution in [-0.2, 0) is 16.1 Å². The van der Waals surface area contributed by atoms with Crippen LogP contribution in [0.1, 0.15) is 22.6 Å². The Labute approximate surface area is 189 Å². The predicted molar refractivity (Wildman–Crippen MR) is 110 cm³/mol. The molecule has 0 saturated carbocycles. The number of benzene rings is 2. The summed E-state index contributed by atoms with van der Waals surface area (Å²) in [6.07, 6.45) is -2.48. The number of carboxylic acid groups (broad SMARTS) is 1. The average molecular weight is 501 g/mol. The smallest absolute Gasteiger partial charge is 0.399 e. The fourth-order valence-corrected chi connectivity index (χ4v) is 3.30. The van der Waals surface area contributed by atoms with Gasteiger partial charge >= 0.3 is 18.1 Å². The van der Waals surface area contributed by atoms with Crippen LogP contribution in [0.25, 0.3) is 6.08 Å². The molecule has 2 aromatic rings. The molecule has 160 valence electrons. The minimum atomic E-state index is -4.62. The average Bonchev–Trinajstić information content (AvgIpc) is 2.64. The lowest BCUT2D eigenvalue weighted by Crippen LogP contribution is -2.30. The minimum Gasteiger partial charge on any atom is -0.474 e. The van der Waals surface area contributed by atoms with Crippen LogP contribution in [0.3, 0.4) is 0 Å². The molecule has 0 saturated heterocycles. The summed E-state index contributed by atoms with van der Waals surface area (Å²) in [5, 5.41) is 10.6. The molecule has 2 aromatic carbocycles. The fraction of sp³-hybridized carbons (Fsp3) is 0.158. The zero-order valence-corrected chi connectivity index (χ0v) is 17.8. The number of halogens is 7. The lowest BCUT2D eigenvalue weighted by Gasteiger charge is -2.18. The first-order valence-corrected chi connectivity index (χ1v) is 9.60. The van der Waals surface area contributed by atoms with E-state index in [9.17, 15) is 22.8 Å². The second kappa shape index (κ2) is 9.92. The molecule has 2 rings (SSSR count). The van der Waals surface area contributed by atoms with Gasteiger partial charge in [-0.2, -0.15) is 13.2 Å². The van der Waals surface area contributed by atoms with Gasteiger partial charge in [0.15, 0.2) is 0 Å². The zero-order valence-electron chi connectivity index (χ0n) is 14.7. The summed E-state index contributed by atoms with van der Waals surface area (Å²) < 4.78 is 40.7. The number of hydrogen-bond acceptors (Lipinski definition) is 2. The van der Waals surface area contributed by atoms with Crippen molar-refractivity contribution in [1.82, 2.24) is 5.32 Å². The molecule has 0 bridgehead atoms. The highest BCUT2D eigenvalue weighted by atomic mass is 35.5. The van der Waals surface area contributed by atoms with E-state index in [-0.39, 0.29) is 32.2 Å². The number of nitrogens with one attached hydrogen (secondary N) is 1. The van der Waals surface area contributed by atoms with E-state index in [1.54, 1.807) is 0 Å². The van der Waals surface area contributed by atoms with Gasteiger partial charge in [-0.25, -0.2) is 4.79 Å². The summed E-state index contributed by atoms with van der Waals surface area (Å²) in [5.41, 5.74) is 0.568. The molecule has 30 heavy (non-hydrogen) atoms. The van der Waals surface area contributed by atoms with Crippen molar-refractivity contribution in [2.24, 2.45) is 0 Å². The molecule has 0 aliphatic carbocycles. The summed E-state index contributed by atoms with van der Waals surface area (Å²) >= 11 is 23.6. The number of rotatable bonds is 5. The van der Waals surface area contributed by atoms with Gasteiger partial charge in [0.05, 0.1) is 21.0 Å². The summed E-state index contributed by atoms with van der Waals surface area (Å²) in [4.78, 5) is 21.6. The van der Waals surface area contributed by atoms with Crippen molar-refractivity contribution in [1.29, 1.82) is 0 Å². The monoisotopic (exact) mass is 499 g/mol. The third-order valence-corrected chi connectivity index (χ3v) is 5.46. The minimum absolute atomic E-state index is 0.0376. The van der Waals surface area contributed by atoms with Gasteiger partial charge in [-0.1, -0.05) is 70.7 Å². The van der Waals surface area contributed by atoms with E-state index in [0.29, 0.717) is 11.1 Å². The van der Waals surface area contributed by atoms with E-state index in [0.717, 1.165) is 18.2 Å². The summed E-state index contributed by atoms with van der Waals surface area (Å²) in [7, 11) is 0. The third-order valence-electron chi connectivity index (χ3n) is 3.91. The fourth-order valence-electron chi connectivity index (χ4n) is 2.43. The molecule has 1 amide bonds. The number of carbonyl (C=O) groups is 2. The van der Waals surface area contributed by atoms with Crippen LogP contribution in [-0.4, -0.2) is 23.2 Å². The standard InChI is InChI=1S/C19H12Cl4F3NO3/c20-13-5-9(1-3-10(13)8-27-17(28)18(29)30)2-4-12(19(24,25)26)11-6-14(21)16(23)15(22)7-11/h1-7,12H,8H2,(H,27,28)(H,29,30)/b4-2+. The first-order valence-electron chi connectivity index (χ1n) is 8.09. The Bertz CT molecular complexity index is 986. The third kappa shape index (κ3) is 6.28. The van der Waals surface area contributed by atoms with E-state index in [1.807, 2.05) is 0 Å². The number of carboxylic acids is 1. The Morgan fingerprint density at radius 1 is 1.03 bits per heavy atom. The quantitative estimate of drug-likeness (QED) is 0.370. The SMILES string of the molecule is O=C(O)C(=O)NCc1ccc(/C=C/C(c2cc(Cl)c(Cl)c(Cl)c2)C(F)(F)F)cc1Cl. The number of alkyl halides is 3. The van der Waals surface area contributed by atoms with Crippen molar-refractivity contribution < 1.29 is 27.9 Å². The Balaban J connectivity index is 2.27. The molecular weight excluding hydrogens is 489 g/mol. The molecule has 0 spiro atoms. The number of carbonyl (C=O) groups excluding carboxylic acids is 1. The van der Waals surface area contributed by atoms with Crippen molar-refractivity contribution >= 4 is 64.4 Å². The van der Waals surface area contributed by atoms with Crippen LogP contribution in [0.5, 0.6) is 0 Å². The topological polar surface area (TPSA) is 66.4 Å². The molecule has 11 heteroatoms. The number of hydrogen-bond donors (Lipinski definition) is 2. The van der Waals surface area contributed by atoms with Crippen molar-refractivity contribution in [3.63, 3.8) is 0 Å². The van der Waals surface area contributed by atoms with Gasteiger partial charge in [0, 0.05) is 11.6 Å². The van der Waals surface area contributed by atoms with Gasteiger partial charge in [-0.3, -0.25) is 4.79 Å². The van der Waals surface area contributed by atoms with Gasteiger partial charge < -0.3 is 10.4 Å². The van der Waals surface area contributed by atoms with E-state index < -0.39 is 24.0 Å². The highest BCUT2D eigenvalue weighted by molar-refractivity contribution is 6.48. The van der Waals surface area contributed by atoms with E-state index in [1.165, 1.54) is 24.3 Å². The number of aliphatic carboxylic acids is 1. The van der Waals surface area contributed by atoms with Gasteiger partial charge in [0.1, 0.15) is 0 Å². The van der Waals surface area contributed by atoms with Crippen LogP contribution in [0, 0.1) is 0 Å². The number of allylic oxidation sites excluding steroid dienone is 1. The molecule has 2 N–H and O–H groups in total. The van der Waals surface area contributed by atoms with Crippen molar-refractivity contribution in [3.8, 4) is 0 Å². The lowest BCUT2D eigenvalue weighted by molar-refractivity contribution is -0.150. The van der Waals surface area contributed by atoms with Crippen LogP contribution in [0.4, 0.5) is 13.2 Å². The normalized spacial score (nSPS) is 12.8. The van der Waals surface area contributed by atoms with Crippen LogP contribution in [0.15, 0.2) is 36.4 Å². The highest BCUT2D eigenvalue weighted by Gasteiger charge is 2.39. The molecule has 0 aromatic heterocycles. The molecule has 1 unspecified atom stereocenters. The maximum absolute atomic E-state index is 13.6. The molecule has 0 fully saturated rings. The molecule has 0 aliphatic heterocycles. The molecule has 4 nitrogen and oxygen atoms in total. The summed E-state index contributed by atoms with van der Waals surface area (Å²) in [6.45, 7) is -0.152. The van der Waals surface area contributed by atoms with Crippen LogP contribution < -0.4 is 5.32 Å². The Hall–Kier alpha value is -1.93.